The van der Waals surface area contributed by atoms with Crippen molar-refractivity contribution in [2.75, 3.05) is 5.32 Å². The van der Waals surface area contributed by atoms with Crippen molar-refractivity contribution < 1.29 is 0 Å². The number of aromatic nitrogens is 2. The Bertz CT molecular complexity index is 459. The van der Waals surface area contributed by atoms with E-state index in [0.717, 1.165) is 5.82 Å². The molecular formula is C14H19N3. The molecule has 0 spiro atoms. The molecule has 2 rings (SSSR count). The first-order valence-electron chi connectivity index (χ1n) is 6.03. The zero-order valence-corrected chi connectivity index (χ0v) is 10.6. The predicted octanol–water partition coefficient (Wildman–Crippen LogP) is 3.64. The van der Waals surface area contributed by atoms with Gasteiger partial charge in [0.05, 0.1) is 0 Å². The summed E-state index contributed by atoms with van der Waals surface area (Å²) in [5.74, 6) is 0.926. The second kappa shape index (κ2) is 5.04. The van der Waals surface area contributed by atoms with E-state index in [1.165, 1.54) is 5.56 Å². The van der Waals surface area contributed by atoms with E-state index in [1.807, 2.05) is 23.0 Å². The lowest BCUT2D eigenvalue weighted by molar-refractivity contribution is 0.533. The van der Waals surface area contributed by atoms with Crippen LogP contribution in [0.15, 0.2) is 42.6 Å². The number of anilines is 1. The number of rotatable bonds is 4. The largest absolute Gasteiger partial charge is 0.362 e. The van der Waals surface area contributed by atoms with Crippen LogP contribution in [0.3, 0.4) is 0 Å². The minimum atomic E-state index is 0.270. The fourth-order valence-corrected chi connectivity index (χ4v) is 1.75. The molecule has 0 bridgehead atoms. The lowest BCUT2D eigenvalue weighted by Gasteiger charge is -2.13. The van der Waals surface area contributed by atoms with E-state index in [1.54, 1.807) is 0 Å². The van der Waals surface area contributed by atoms with Crippen LogP contribution in [0.2, 0.25) is 0 Å². The van der Waals surface area contributed by atoms with E-state index in [2.05, 4.69) is 55.5 Å². The molecule has 3 nitrogen and oxygen atoms in total. The van der Waals surface area contributed by atoms with Gasteiger partial charge in [0.15, 0.2) is 0 Å². The van der Waals surface area contributed by atoms with Crippen molar-refractivity contribution in [1.82, 2.24) is 9.78 Å². The van der Waals surface area contributed by atoms with Gasteiger partial charge in [-0.05, 0) is 26.3 Å². The zero-order chi connectivity index (χ0) is 12.3. The maximum atomic E-state index is 4.48. The maximum Gasteiger partial charge on any atom is 0.148 e. The Hall–Kier alpha value is -1.77. The average molecular weight is 229 g/mol. The van der Waals surface area contributed by atoms with Gasteiger partial charge in [-0.1, -0.05) is 30.3 Å². The molecule has 1 heterocycles. The van der Waals surface area contributed by atoms with Gasteiger partial charge in [-0.25, -0.2) is 0 Å². The summed E-state index contributed by atoms with van der Waals surface area (Å²) in [4.78, 5) is 0. The molecule has 3 heteroatoms. The Morgan fingerprint density at radius 3 is 2.35 bits per heavy atom. The summed E-state index contributed by atoms with van der Waals surface area (Å²) in [7, 11) is 0. The van der Waals surface area contributed by atoms with Crippen LogP contribution in [0, 0.1) is 0 Å². The highest BCUT2D eigenvalue weighted by Gasteiger charge is 2.07. The summed E-state index contributed by atoms with van der Waals surface area (Å²) in [6.07, 6.45) is 2.00. The Labute approximate surface area is 102 Å². The molecule has 17 heavy (non-hydrogen) atoms. The highest BCUT2D eigenvalue weighted by molar-refractivity contribution is 5.36. The predicted molar refractivity (Wildman–Crippen MR) is 71.1 cm³/mol. The quantitative estimate of drug-likeness (QED) is 0.867. The second-order valence-electron chi connectivity index (χ2n) is 4.55. The topological polar surface area (TPSA) is 29.9 Å². The number of nitrogens with zero attached hydrogens (tertiary/aromatic N) is 2. The minimum Gasteiger partial charge on any atom is -0.362 e. The van der Waals surface area contributed by atoms with Crippen LogP contribution in [-0.4, -0.2) is 9.78 Å². The van der Waals surface area contributed by atoms with Crippen molar-refractivity contribution in [3.8, 4) is 0 Å². The van der Waals surface area contributed by atoms with Gasteiger partial charge in [0.2, 0.25) is 0 Å². The third-order valence-electron chi connectivity index (χ3n) is 2.80. The summed E-state index contributed by atoms with van der Waals surface area (Å²) in [6.45, 7) is 6.39. The van der Waals surface area contributed by atoms with Crippen LogP contribution in [0.1, 0.15) is 38.4 Å². The number of hydrogen-bond acceptors (Lipinski definition) is 2. The van der Waals surface area contributed by atoms with Crippen molar-refractivity contribution in [1.29, 1.82) is 0 Å². The molecule has 0 saturated heterocycles. The van der Waals surface area contributed by atoms with E-state index >= 15 is 0 Å². The third kappa shape index (κ3) is 2.87. The molecule has 0 fully saturated rings. The Kier molecular flexibility index (Phi) is 3.47. The first-order chi connectivity index (χ1) is 8.16. The van der Waals surface area contributed by atoms with Crippen LogP contribution in [0.5, 0.6) is 0 Å². The van der Waals surface area contributed by atoms with Gasteiger partial charge in [-0.15, -0.1) is 0 Å². The van der Waals surface area contributed by atoms with Gasteiger partial charge in [0.1, 0.15) is 5.82 Å². The summed E-state index contributed by atoms with van der Waals surface area (Å²) in [6, 6.07) is 13.1. The highest BCUT2D eigenvalue weighted by atomic mass is 15.3. The fourth-order valence-electron chi connectivity index (χ4n) is 1.75. The fraction of sp³-hybridized carbons (Fsp3) is 0.357. The average Bonchev–Trinajstić information content (AvgIpc) is 2.79. The van der Waals surface area contributed by atoms with Gasteiger partial charge >= 0.3 is 0 Å². The van der Waals surface area contributed by atoms with E-state index in [4.69, 9.17) is 0 Å². The third-order valence-corrected chi connectivity index (χ3v) is 2.80. The zero-order valence-electron chi connectivity index (χ0n) is 10.6. The van der Waals surface area contributed by atoms with Gasteiger partial charge < -0.3 is 5.32 Å². The first-order valence-corrected chi connectivity index (χ1v) is 6.03. The van der Waals surface area contributed by atoms with Crippen LogP contribution in [0.4, 0.5) is 5.82 Å². The van der Waals surface area contributed by atoms with E-state index in [0.29, 0.717) is 6.04 Å². The molecule has 1 aromatic heterocycles. The van der Waals surface area contributed by atoms with Crippen molar-refractivity contribution in [3.05, 3.63) is 48.2 Å². The molecule has 1 aromatic carbocycles. The Morgan fingerprint density at radius 2 is 1.76 bits per heavy atom. The van der Waals surface area contributed by atoms with Crippen molar-refractivity contribution >= 4 is 5.82 Å². The number of hydrogen-bond donors (Lipinski definition) is 1. The SMILES string of the molecule is CC(C)n1ccc(N[C@H](C)c2ccccc2)n1. The van der Waals surface area contributed by atoms with Gasteiger partial charge in [-0.3, -0.25) is 4.68 Å². The molecule has 0 aliphatic heterocycles. The molecule has 2 aromatic rings. The van der Waals surface area contributed by atoms with Crippen molar-refractivity contribution in [3.63, 3.8) is 0 Å². The highest BCUT2D eigenvalue weighted by Crippen LogP contribution is 2.18. The van der Waals surface area contributed by atoms with Crippen LogP contribution >= 0.6 is 0 Å². The molecule has 1 N–H and O–H groups in total. The van der Waals surface area contributed by atoms with Gasteiger partial charge in [0, 0.05) is 24.3 Å². The molecule has 0 amide bonds. The molecule has 0 unspecified atom stereocenters. The van der Waals surface area contributed by atoms with E-state index in [-0.39, 0.29) is 6.04 Å². The van der Waals surface area contributed by atoms with Crippen LogP contribution in [0.25, 0.3) is 0 Å². The van der Waals surface area contributed by atoms with Crippen LogP contribution < -0.4 is 5.32 Å². The summed E-state index contributed by atoms with van der Waals surface area (Å²) in [5, 5.41) is 7.88. The maximum absolute atomic E-state index is 4.48. The number of benzene rings is 1. The summed E-state index contributed by atoms with van der Waals surface area (Å²) >= 11 is 0. The summed E-state index contributed by atoms with van der Waals surface area (Å²) in [5.41, 5.74) is 1.27. The first kappa shape index (κ1) is 11.7. The molecule has 0 aliphatic carbocycles. The smallest absolute Gasteiger partial charge is 0.148 e. The van der Waals surface area contributed by atoms with Gasteiger partial charge in [0.25, 0.3) is 0 Å². The van der Waals surface area contributed by atoms with E-state index in [9.17, 15) is 0 Å². The second-order valence-corrected chi connectivity index (χ2v) is 4.55. The van der Waals surface area contributed by atoms with Gasteiger partial charge in [-0.2, -0.15) is 5.10 Å². The number of nitrogens with one attached hydrogen (secondary N) is 1. The molecule has 0 aliphatic rings. The normalized spacial score (nSPS) is 12.7. The molecule has 0 radical (unpaired) electrons. The van der Waals surface area contributed by atoms with E-state index < -0.39 is 0 Å². The van der Waals surface area contributed by atoms with Crippen LogP contribution in [-0.2, 0) is 0 Å². The standard InChI is InChI=1S/C14H19N3/c1-11(2)17-10-9-14(16-17)15-12(3)13-7-5-4-6-8-13/h4-12H,1-3H3,(H,15,16)/t12-/m1/s1. The molecule has 0 saturated carbocycles. The molecule has 90 valence electrons. The van der Waals surface area contributed by atoms with Crippen molar-refractivity contribution in [2.24, 2.45) is 0 Å². The lowest BCUT2D eigenvalue weighted by atomic mass is 10.1. The lowest BCUT2D eigenvalue weighted by Crippen LogP contribution is -2.08. The molecular weight excluding hydrogens is 210 g/mol. The Morgan fingerprint density at radius 1 is 1.06 bits per heavy atom. The Balaban J connectivity index is 2.05. The summed E-state index contributed by atoms with van der Waals surface area (Å²) < 4.78 is 1.96. The van der Waals surface area contributed by atoms with Crippen molar-refractivity contribution in [2.45, 2.75) is 32.9 Å². The monoisotopic (exact) mass is 229 g/mol. The molecule has 1 atom stereocenters. The minimum absolute atomic E-state index is 0.270.